The van der Waals surface area contributed by atoms with Crippen molar-refractivity contribution >= 4 is 96.7 Å². The molecule has 0 radical (unpaired) electrons. The first-order valence-corrected chi connectivity index (χ1v) is 12.5. The molecule has 0 saturated carbocycles. The Morgan fingerprint density at radius 2 is 1.56 bits per heavy atom. The monoisotopic (exact) mass is 789 g/mol. The van der Waals surface area contributed by atoms with Crippen LogP contribution in [0, 0.1) is 10.7 Å². The molecule has 0 bridgehead atoms. The van der Waals surface area contributed by atoms with Crippen molar-refractivity contribution in [2.45, 2.75) is 44.5 Å². The molecule has 0 spiro atoms. The number of halogens is 3. The second kappa shape index (κ2) is 11.8. The summed E-state index contributed by atoms with van der Waals surface area (Å²) in [7, 11) is 0. The normalized spacial score (nSPS) is 25.2. The molecule has 1 fully saturated rings. The Balaban J connectivity index is 2.48. The van der Waals surface area contributed by atoms with Gasteiger partial charge in [0.05, 0.1) is 40.8 Å². The molecule has 5 atom stereocenters. The van der Waals surface area contributed by atoms with E-state index in [9.17, 15) is 34.8 Å². The van der Waals surface area contributed by atoms with Crippen molar-refractivity contribution in [2.24, 2.45) is 0 Å². The molecule has 0 aromatic heterocycles. The zero-order valence-corrected chi connectivity index (χ0v) is 23.3. The van der Waals surface area contributed by atoms with E-state index >= 15 is 0 Å². The fourth-order valence-electron chi connectivity index (χ4n) is 2.99. The minimum Gasteiger partial charge on any atom is -0.394 e. The molecule has 2 amide bonds. The molecule has 2 rings (SSSR count). The van der Waals surface area contributed by atoms with E-state index in [1.165, 1.54) is 13.8 Å². The Hall–Kier alpha value is -0.380. The summed E-state index contributed by atoms with van der Waals surface area (Å²) >= 11 is 5.82. The maximum Gasteiger partial charge on any atom is 0.254 e. The molecule has 14 heteroatoms. The van der Waals surface area contributed by atoms with Crippen LogP contribution >= 0.6 is 67.8 Å². The van der Waals surface area contributed by atoms with E-state index < -0.39 is 43.2 Å². The highest BCUT2D eigenvalue weighted by Gasteiger charge is 2.44. The molecular weight excluding hydrogens is 767 g/mol. The van der Waals surface area contributed by atoms with Crippen LogP contribution in [0.4, 0.5) is 11.4 Å². The molecule has 1 aliphatic heterocycles. The van der Waals surface area contributed by atoms with Gasteiger partial charge in [-0.1, -0.05) is 0 Å². The highest BCUT2D eigenvalue weighted by molar-refractivity contribution is 14.1. The Kier molecular flexibility index (Phi) is 10.3. The van der Waals surface area contributed by atoms with Crippen LogP contribution in [0.3, 0.4) is 0 Å². The molecule has 0 aliphatic carbocycles. The number of Topliss-reactive ketones (excluding diaryl/α,β-unsaturated/α-hetero) is 1. The lowest BCUT2D eigenvalue weighted by Crippen LogP contribution is -2.64. The fraction of sp³-hybridized carbons (Fsp3) is 0.500. The first-order chi connectivity index (χ1) is 14.9. The average molecular weight is 789 g/mol. The first kappa shape index (κ1) is 27.9. The predicted octanol–water partition coefficient (Wildman–Crippen LogP) is -0.0106. The van der Waals surface area contributed by atoms with Crippen LogP contribution in [-0.2, 0) is 14.3 Å². The largest absolute Gasteiger partial charge is 0.394 e. The summed E-state index contributed by atoms with van der Waals surface area (Å²) < 4.78 is 6.51. The number of benzene rings is 1. The molecule has 11 nitrogen and oxygen atoms in total. The highest BCUT2D eigenvalue weighted by atomic mass is 127. The maximum absolute atomic E-state index is 13.2. The van der Waals surface area contributed by atoms with E-state index in [-0.39, 0.29) is 23.8 Å². The molecule has 1 unspecified atom stereocenters. The van der Waals surface area contributed by atoms with Crippen LogP contribution in [-0.4, -0.2) is 81.8 Å². The number of rotatable bonds is 7. The van der Waals surface area contributed by atoms with Crippen LogP contribution in [0.2, 0.25) is 0 Å². The number of amides is 2. The second-order valence-corrected chi connectivity index (χ2v) is 10.3. The molecule has 32 heavy (non-hydrogen) atoms. The number of ether oxygens (including phenoxy) is 1. The van der Waals surface area contributed by atoms with E-state index in [1.54, 1.807) is 0 Å². The number of carbonyl (C=O) groups excluding carboxylic acids is 3. The van der Waals surface area contributed by atoms with E-state index in [0.29, 0.717) is 22.1 Å². The third-order valence-electron chi connectivity index (χ3n) is 4.56. The van der Waals surface area contributed by atoms with Crippen molar-refractivity contribution < 1.29 is 39.5 Å². The number of hydrogen-bond acceptors (Lipinski definition) is 9. The molecule has 1 aromatic carbocycles. The molecular formula is C18H22I3N3O8. The summed E-state index contributed by atoms with van der Waals surface area (Å²) in [6.07, 6.45) is -6.03. The van der Waals surface area contributed by atoms with Crippen molar-refractivity contribution in [3.05, 3.63) is 16.3 Å². The van der Waals surface area contributed by atoms with Gasteiger partial charge in [0.2, 0.25) is 5.91 Å². The molecule has 178 valence electrons. The lowest BCUT2D eigenvalue weighted by Gasteiger charge is -2.40. The van der Waals surface area contributed by atoms with Gasteiger partial charge < -0.3 is 41.1 Å². The van der Waals surface area contributed by atoms with E-state index in [2.05, 4.69) is 16.0 Å². The number of aliphatic hydroxyl groups is 4. The maximum atomic E-state index is 13.2. The molecule has 1 heterocycles. The quantitative estimate of drug-likeness (QED) is 0.188. The van der Waals surface area contributed by atoms with Crippen molar-refractivity contribution in [3.63, 3.8) is 0 Å². The van der Waals surface area contributed by atoms with Gasteiger partial charge in [-0.3, -0.25) is 14.4 Å². The predicted molar refractivity (Wildman–Crippen MR) is 139 cm³/mol. The van der Waals surface area contributed by atoms with Gasteiger partial charge in [-0.15, -0.1) is 0 Å². The Labute approximate surface area is 224 Å². The zero-order valence-electron chi connectivity index (χ0n) is 16.9. The number of carbonyl (C=O) groups is 3. The van der Waals surface area contributed by atoms with Crippen LogP contribution < -0.4 is 16.0 Å². The fourth-order valence-corrected chi connectivity index (χ4v) is 7.30. The van der Waals surface area contributed by atoms with Crippen LogP contribution in [0.1, 0.15) is 24.2 Å². The molecule has 1 saturated heterocycles. The third-order valence-corrected chi connectivity index (χ3v) is 7.79. The van der Waals surface area contributed by atoms with Gasteiger partial charge in [0.15, 0.2) is 6.29 Å². The van der Waals surface area contributed by atoms with E-state index in [0.717, 1.165) is 0 Å². The Morgan fingerprint density at radius 3 is 2.09 bits per heavy atom. The number of nitrogens with one attached hydrogen (secondary N) is 3. The second-order valence-electron chi connectivity index (χ2n) is 7.03. The first-order valence-electron chi connectivity index (χ1n) is 9.23. The summed E-state index contributed by atoms with van der Waals surface area (Å²) in [5.74, 6) is -1.22. The Morgan fingerprint density at radius 1 is 0.969 bits per heavy atom. The smallest absolute Gasteiger partial charge is 0.254 e. The summed E-state index contributed by atoms with van der Waals surface area (Å²) in [6.45, 7) is 2.08. The van der Waals surface area contributed by atoms with Gasteiger partial charge in [-0.2, -0.15) is 0 Å². The van der Waals surface area contributed by atoms with Gasteiger partial charge in [-0.25, -0.2) is 0 Å². The lowest BCUT2D eigenvalue weighted by molar-refractivity contribution is -0.252. The topological polar surface area (TPSA) is 177 Å². The SMILES string of the molecule is CC(=O)CNc1c(I)c(NC(C)=O)c(I)c(C(=O)N[C@H]2C(O)O[C@H](CO)[C@@H](O)[C@@H]2O)c1I. The van der Waals surface area contributed by atoms with Gasteiger partial charge in [-0.05, 0) is 74.7 Å². The minimum atomic E-state index is -1.68. The van der Waals surface area contributed by atoms with Gasteiger partial charge >= 0.3 is 0 Å². The summed E-state index contributed by atoms with van der Waals surface area (Å²) in [6, 6.07) is -1.39. The number of ketones is 1. The average Bonchev–Trinajstić information content (AvgIpc) is 2.70. The highest BCUT2D eigenvalue weighted by Crippen LogP contribution is 2.39. The van der Waals surface area contributed by atoms with Crippen molar-refractivity contribution in [1.82, 2.24) is 5.32 Å². The van der Waals surface area contributed by atoms with Gasteiger partial charge in [0.25, 0.3) is 5.91 Å². The van der Waals surface area contributed by atoms with Crippen LogP contribution in [0.5, 0.6) is 0 Å². The number of aliphatic hydroxyl groups excluding tert-OH is 4. The van der Waals surface area contributed by atoms with Gasteiger partial charge in [0, 0.05) is 6.92 Å². The minimum absolute atomic E-state index is 0.00417. The molecule has 1 aliphatic rings. The van der Waals surface area contributed by atoms with Crippen LogP contribution in [0.15, 0.2) is 0 Å². The lowest BCUT2D eigenvalue weighted by atomic mass is 9.96. The van der Waals surface area contributed by atoms with Crippen molar-refractivity contribution in [3.8, 4) is 0 Å². The Bertz CT molecular complexity index is 916. The zero-order chi connectivity index (χ0) is 24.3. The summed E-state index contributed by atoms with van der Waals surface area (Å²) in [4.78, 5) is 36.4. The number of hydrogen-bond donors (Lipinski definition) is 7. The number of anilines is 2. The summed E-state index contributed by atoms with van der Waals surface area (Å²) in [5, 5.41) is 47.9. The van der Waals surface area contributed by atoms with Crippen molar-refractivity contribution in [1.29, 1.82) is 0 Å². The van der Waals surface area contributed by atoms with Crippen LogP contribution in [0.25, 0.3) is 0 Å². The van der Waals surface area contributed by atoms with Crippen molar-refractivity contribution in [2.75, 3.05) is 23.8 Å². The standard InChI is InChI=1S/C18H22I3N3O8/c1-5(26)3-22-12-9(19)8(10(20)13(11(12)21)23-6(2)27)17(30)24-14-16(29)15(28)7(4-25)32-18(14)31/h7,14-16,18,22,25,28-29,31H,3-4H2,1-2H3,(H,23,27)(H,24,30)/t7-,14-,15-,16-,18?/m1/s1. The molecule has 1 aromatic rings. The van der Waals surface area contributed by atoms with Gasteiger partial charge in [0.1, 0.15) is 30.1 Å². The summed E-state index contributed by atoms with van der Waals surface area (Å²) in [5.41, 5.74) is 0.938. The van der Waals surface area contributed by atoms with E-state index in [4.69, 9.17) is 4.74 Å². The van der Waals surface area contributed by atoms with E-state index in [1.807, 2.05) is 67.8 Å². The third kappa shape index (κ3) is 6.19. The molecule has 7 N–H and O–H groups in total.